The molecule has 26 heavy (non-hydrogen) atoms. The fourth-order valence-electron chi connectivity index (χ4n) is 3.47. The van der Waals surface area contributed by atoms with Crippen LogP contribution in [0.15, 0.2) is 60.8 Å². The highest BCUT2D eigenvalue weighted by molar-refractivity contribution is 6.07. The molecule has 2 heterocycles. The number of aromatic amines is 1. The lowest BCUT2D eigenvalue weighted by Gasteiger charge is -2.39. The molecular weight excluding hydrogens is 326 g/mol. The van der Waals surface area contributed by atoms with Crippen molar-refractivity contribution in [2.45, 2.75) is 6.54 Å². The molecular formula is C21H21N3O2. The number of hydrogen-bond acceptors (Lipinski definition) is 2. The van der Waals surface area contributed by atoms with E-state index >= 15 is 0 Å². The number of benzene rings is 2. The molecule has 1 N–H and O–H groups in total. The van der Waals surface area contributed by atoms with Gasteiger partial charge in [0.25, 0.3) is 5.91 Å². The molecule has 1 aliphatic rings. The average Bonchev–Trinajstić information content (AvgIpc) is 3.05. The van der Waals surface area contributed by atoms with E-state index in [1.807, 2.05) is 61.6 Å². The Morgan fingerprint density at radius 2 is 1.77 bits per heavy atom. The van der Waals surface area contributed by atoms with Crippen LogP contribution < -0.4 is 0 Å². The van der Waals surface area contributed by atoms with Gasteiger partial charge in [-0.1, -0.05) is 48.5 Å². The van der Waals surface area contributed by atoms with Crippen LogP contribution in [-0.4, -0.2) is 46.7 Å². The fourth-order valence-corrected chi connectivity index (χ4v) is 3.47. The summed E-state index contributed by atoms with van der Waals surface area (Å²) in [6.07, 6.45) is 1.75. The summed E-state index contributed by atoms with van der Waals surface area (Å²) in [6, 6.07) is 17.7. The lowest BCUT2D eigenvalue weighted by atomic mass is 9.97. The second-order valence-electron chi connectivity index (χ2n) is 6.83. The predicted octanol–water partition coefficient (Wildman–Crippen LogP) is 2.90. The van der Waals surface area contributed by atoms with Crippen LogP contribution in [0.2, 0.25) is 0 Å². The van der Waals surface area contributed by atoms with Gasteiger partial charge in [0.05, 0.1) is 11.5 Å². The minimum Gasteiger partial charge on any atom is -0.360 e. The molecule has 4 rings (SSSR count). The summed E-state index contributed by atoms with van der Waals surface area (Å²) in [5, 5.41) is 0.925. The Balaban J connectivity index is 1.37. The maximum Gasteiger partial charge on any atom is 0.256 e. The molecule has 0 aliphatic carbocycles. The fraction of sp³-hybridized carbons (Fsp3) is 0.238. The molecule has 1 aliphatic heterocycles. The Hall–Kier alpha value is -3.08. The van der Waals surface area contributed by atoms with Crippen molar-refractivity contribution in [1.82, 2.24) is 14.8 Å². The van der Waals surface area contributed by atoms with Crippen LogP contribution in [0.25, 0.3) is 10.9 Å². The molecule has 0 atom stereocenters. The molecule has 0 radical (unpaired) electrons. The lowest BCUT2D eigenvalue weighted by Crippen LogP contribution is -2.55. The SMILES string of the molecule is CN(Cc1ccccc1)C(=O)C1CN(C(=O)c2c[nH]c3ccccc23)C1. The van der Waals surface area contributed by atoms with Crippen molar-refractivity contribution in [2.75, 3.05) is 20.1 Å². The van der Waals surface area contributed by atoms with Crippen molar-refractivity contribution in [1.29, 1.82) is 0 Å². The summed E-state index contributed by atoms with van der Waals surface area (Å²) in [5.74, 6) is -0.0353. The van der Waals surface area contributed by atoms with Gasteiger partial charge in [-0.25, -0.2) is 0 Å². The van der Waals surface area contributed by atoms with E-state index in [1.54, 1.807) is 16.0 Å². The maximum absolute atomic E-state index is 12.7. The predicted molar refractivity (Wildman–Crippen MR) is 101 cm³/mol. The third-order valence-corrected chi connectivity index (χ3v) is 4.98. The Morgan fingerprint density at radius 3 is 2.54 bits per heavy atom. The molecule has 5 nitrogen and oxygen atoms in total. The standard InChI is InChI=1S/C21H21N3O2/c1-23(12-15-7-3-2-4-8-15)20(25)16-13-24(14-16)21(26)18-11-22-19-10-6-5-9-17(18)19/h2-11,16,22H,12-14H2,1H3. The molecule has 3 aromatic rings. The van der Waals surface area contributed by atoms with Crippen molar-refractivity contribution in [3.05, 3.63) is 71.9 Å². The Kier molecular flexibility index (Phi) is 4.21. The van der Waals surface area contributed by atoms with Crippen LogP contribution in [0.3, 0.4) is 0 Å². The van der Waals surface area contributed by atoms with Gasteiger partial charge in [0, 0.05) is 43.8 Å². The molecule has 1 saturated heterocycles. The number of carbonyl (C=O) groups is 2. The molecule has 5 heteroatoms. The number of fused-ring (bicyclic) bond motifs is 1. The summed E-state index contributed by atoms with van der Waals surface area (Å²) in [7, 11) is 1.82. The molecule has 0 bridgehead atoms. The zero-order chi connectivity index (χ0) is 18.1. The van der Waals surface area contributed by atoms with Gasteiger partial charge in [0.15, 0.2) is 0 Å². The quantitative estimate of drug-likeness (QED) is 0.789. The van der Waals surface area contributed by atoms with Crippen LogP contribution in [0, 0.1) is 5.92 Å². The zero-order valence-electron chi connectivity index (χ0n) is 14.7. The summed E-state index contributed by atoms with van der Waals surface area (Å²) >= 11 is 0. The third kappa shape index (κ3) is 2.96. The largest absolute Gasteiger partial charge is 0.360 e. The Labute approximate surface area is 152 Å². The van der Waals surface area contributed by atoms with Crippen molar-refractivity contribution in [3.8, 4) is 0 Å². The molecule has 132 valence electrons. The van der Waals surface area contributed by atoms with E-state index in [4.69, 9.17) is 0 Å². The van der Waals surface area contributed by atoms with E-state index in [-0.39, 0.29) is 17.7 Å². The molecule has 0 saturated carbocycles. The average molecular weight is 347 g/mol. The van der Waals surface area contributed by atoms with Crippen LogP contribution in [0.5, 0.6) is 0 Å². The van der Waals surface area contributed by atoms with E-state index in [1.165, 1.54) is 0 Å². The first-order chi connectivity index (χ1) is 12.6. The molecule has 2 aromatic carbocycles. The maximum atomic E-state index is 12.7. The second-order valence-corrected chi connectivity index (χ2v) is 6.83. The van der Waals surface area contributed by atoms with Crippen molar-refractivity contribution in [3.63, 3.8) is 0 Å². The number of amides is 2. The normalized spacial score (nSPS) is 14.3. The van der Waals surface area contributed by atoms with Gasteiger partial charge < -0.3 is 14.8 Å². The van der Waals surface area contributed by atoms with Gasteiger partial charge in [-0.2, -0.15) is 0 Å². The van der Waals surface area contributed by atoms with E-state index in [0.717, 1.165) is 16.5 Å². The number of carbonyl (C=O) groups excluding carboxylic acids is 2. The van der Waals surface area contributed by atoms with Crippen LogP contribution in [0.4, 0.5) is 0 Å². The zero-order valence-corrected chi connectivity index (χ0v) is 14.7. The first-order valence-corrected chi connectivity index (χ1v) is 8.78. The molecule has 1 fully saturated rings. The van der Waals surface area contributed by atoms with Crippen LogP contribution >= 0.6 is 0 Å². The second kappa shape index (κ2) is 6.67. The number of H-pyrrole nitrogens is 1. The summed E-state index contributed by atoms with van der Waals surface area (Å²) in [6.45, 7) is 1.55. The van der Waals surface area contributed by atoms with Crippen LogP contribution in [-0.2, 0) is 11.3 Å². The van der Waals surface area contributed by atoms with E-state index in [2.05, 4.69) is 4.98 Å². The van der Waals surface area contributed by atoms with Gasteiger partial charge in [-0.3, -0.25) is 9.59 Å². The van der Waals surface area contributed by atoms with Crippen molar-refractivity contribution in [2.24, 2.45) is 5.92 Å². The van der Waals surface area contributed by atoms with E-state index in [0.29, 0.717) is 25.2 Å². The molecule has 1 aromatic heterocycles. The summed E-state index contributed by atoms with van der Waals surface area (Å²) < 4.78 is 0. The highest BCUT2D eigenvalue weighted by atomic mass is 16.2. The molecule has 0 unspecified atom stereocenters. The molecule has 2 amide bonds. The number of aromatic nitrogens is 1. The number of nitrogens with zero attached hydrogens (tertiary/aromatic N) is 2. The van der Waals surface area contributed by atoms with Gasteiger partial charge in [0.2, 0.25) is 5.91 Å². The number of hydrogen-bond donors (Lipinski definition) is 1. The van der Waals surface area contributed by atoms with Gasteiger partial charge >= 0.3 is 0 Å². The lowest BCUT2D eigenvalue weighted by molar-refractivity contribution is -0.139. The molecule has 0 spiro atoms. The topological polar surface area (TPSA) is 56.4 Å². The van der Waals surface area contributed by atoms with Gasteiger partial charge in [0.1, 0.15) is 0 Å². The van der Waals surface area contributed by atoms with Crippen molar-refractivity contribution >= 4 is 22.7 Å². The van der Waals surface area contributed by atoms with Crippen LogP contribution in [0.1, 0.15) is 15.9 Å². The number of nitrogens with one attached hydrogen (secondary N) is 1. The first-order valence-electron chi connectivity index (χ1n) is 8.78. The Morgan fingerprint density at radius 1 is 1.08 bits per heavy atom. The number of para-hydroxylation sites is 1. The highest BCUT2D eigenvalue weighted by Gasteiger charge is 2.37. The van der Waals surface area contributed by atoms with Gasteiger partial charge in [-0.05, 0) is 11.6 Å². The highest BCUT2D eigenvalue weighted by Crippen LogP contribution is 2.25. The van der Waals surface area contributed by atoms with E-state index < -0.39 is 0 Å². The third-order valence-electron chi connectivity index (χ3n) is 4.98. The van der Waals surface area contributed by atoms with Gasteiger partial charge in [-0.15, -0.1) is 0 Å². The smallest absolute Gasteiger partial charge is 0.256 e. The minimum atomic E-state index is -0.113. The van der Waals surface area contributed by atoms with E-state index in [9.17, 15) is 9.59 Å². The van der Waals surface area contributed by atoms with Crippen molar-refractivity contribution < 1.29 is 9.59 Å². The number of likely N-dealkylation sites (tertiary alicyclic amines) is 1. The minimum absolute atomic E-state index is 0.0165. The number of rotatable bonds is 4. The first kappa shape index (κ1) is 16.4. The summed E-state index contributed by atoms with van der Waals surface area (Å²) in [4.78, 5) is 31.9. The Bertz CT molecular complexity index is 942. The summed E-state index contributed by atoms with van der Waals surface area (Å²) in [5.41, 5.74) is 2.73. The monoisotopic (exact) mass is 347 g/mol.